The summed E-state index contributed by atoms with van der Waals surface area (Å²) >= 11 is 1.74. The van der Waals surface area contributed by atoms with Crippen LogP contribution in [0.25, 0.3) is 0 Å². The van der Waals surface area contributed by atoms with Crippen LogP contribution in [-0.4, -0.2) is 40.2 Å². The van der Waals surface area contributed by atoms with Crippen molar-refractivity contribution in [3.05, 3.63) is 11.3 Å². The second-order valence-corrected chi connectivity index (χ2v) is 8.09. The molecule has 4 unspecified atom stereocenters. The Bertz CT molecular complexity index is 505. The summed E-state index contributed by atoms with van der Waals surface area (Å²) in [4.78, 5) is 24.6. The first-order valence-corrected chi connectivity index (χ1v) is 9.79. The average Bonchev–Trinajstić information content (AvgIpc) is 2.47. The monoisotopic (exact) mass is 357 g/mol. The van der Waals surface area contributed by atoms with Gasteiger partial charge in [0.25, 0.3) is 0 Å². The number of carbonyl (C=O) groups excluding carboxylic acids is 1. The Hall–Kier alpha value is -1.17. The molecule has 0 fully saturated rings. The second-order valence-electron chi connectivity index (χ2n) is 6.48. The number of allylic oxidation sites excluding steroid dienone is 1. The molecule has 0 radical (unpaired) electrons. The zero-order valence-corrected chi connectivity index (χ0v) is 16.5. The van der Waals surface area contributed by atoms with Crippen molar-refractivity contribution >= 4 is 23.7 Å². The number of nitrogens with one attached hydrogen (secondary N) is 1. The van der Waals surface area contributed by atoms with Gasteiger partial charge in [-0.2, -0.15) is 11.8 Å². The van der Waals surface area contributed by atoms with Gasteiger partial charge < -0.3 is 15.2 Å². The molecule has 24 heavy (non-hydrogen) atoms. The third-order valence-corrected chi connectivity index (χ3v) is 6.23. The van der Waals surface area contributed by atoms with Crippen LogP contribution < -0.4 is 5.32 Å². The van der Waals surface area contributed by atoms with Crippen LogP contribution in [0.5, 0.6) is 0 Å². The van der Waals surface area contributed by atoms with Gasteiger partial charge in [-0.1, -0.05) is 27.2 Å². The van der Waals surface area contributed by atoms with E-state index in [4.69, 9.17) is 4.74 Å². The smallest absolute Gasteiger partial charge is 0.336 e. The van der Waals surface area contributed by atoms with Crippen molar-refractivity contribution in [2.45, 2.75) is 65.2 Å². The molecule has 4 atom stereocenters. The first kappa shape index (κ1) is 20.9. The van der Waals surface area contributed by atoms with E-state index in [9.17, 15) is 14.7 Å². The Labute approximate surface area is 149 Å². The van der Waals surface area contributed by atoms with Gasteiger partial charge in [-0.3, -0.25) is 4.79 Å². The Kier molecular flexibility index (Phi) is 7.64. The summed E-state index contributed by atoms with van der Waals surface area (Å²) < 4.78 is 5.20. The fraction of sp³-hybridized carbons (Fsp3) is 0.778. The van der Waals surface area contributed by atoms with Gasteiger partial charge >= 0.3 is 11.9 Å². The Morgan fingerprint density at radius 3 is 2.46 bits per heavy atom. The molecule has 138 valence electrons. The number of hydrogen-bond acceptors (Lipinski definition) is 5. The molecule has 0 bridgehead atoms. The zero-order chi connectivity index (χ0) is 18.5. The highest BCUT2D eigenvalue weighted by Crippen LogP contribution is 2.44. The van der Waals surface area contributed by atoms with E-state index in [0.717, 1.165) is 17.9 Å². The first-order chi connectivity index (χ1) is 11.2. The zero-order valence-electron chi connectivity index (χ0n) is 15.6. The third-order valence-electron chi connectivity index (χ3n) is 4.90. The maximum atomic E-state index is 12.5. The van der Waals surface area contributed by atoms with Gasteiger partial charge in [0.15, 0.2) is 0 Å². The molecule has 0 saturated heterocycles. The van der Waals surface area contributed by atoms with Gasteiger partial charge in [0.05, 0.1) is 23.6 Å². The molecule has 0 spiro atoms. The normalized spacial score (nSPS) is 28.2. The maximum absolute atomic E-state index is 12.5. The van der Waals surface area contributed by atoms with E-state index in [0.29, 0.717) is 12.0 Å². The van der Waals surface area contributed by atoms with Crippen molar-refractivity contribution in [2.24, 2.45) is 11.8 Å². The Morgan fingerprint density at radius 1 is 1.38 bits per heavy atom. The molecule has 0 aliphatic carbocycles. The number of carboxylic acids is 1. The van der Waals surface area contributed by atoms with Gasteiger partial charge in [0.2, 0.25) is 0 Å². The molecule has 1 aliphatic heterocycles. The number of rotatable bonds is 8. The predicted molar refractivity (Wildman–Crippen MR) is 98.0 cm³/mol. The van der Waals surface area contributed by atoms with Crippen molar-refractivity contribution in [3.63, 3.8) is 0 Å². The van der Waals surface area contributed by atoms with Gasteiger partial charge in [-0.15, -0.1) is 0 Å². The molecule has 1 rings (SSSR count). The number of aliphatic carboxylic acids is 1. The summed E-state index contributed by atoms with van der Waals surface area (Å²) in [6.45, 7) is 12.0. The fourth-order valence-electron chi connectivity index (χ4n) is 3.75. The lowest BCUT2D eigenvalue weighted by Gasteiger charge is -2.49. The summed E-state index contributed by atoms with van der Waals surface area (Å²) in [5.74, 6) is -1.35. The van der Waals surface area contributed by atoms with E-state index < -0.39 is 23.4 Å². The third kappa shape index (κ3) is 4.08. The summed E-state index contributed by atoms with van der Waals surface area (Å²) in [6.07, 6.45) is 1.47. The van der Waals surface area contributed by atoms with Gasteiger partial charge in [0.1, 0.15) is 0 Å². The molecule has 1 aliphatic rings. The van der Waals surface area contributed by atoms with Crippen molar-refractivity contribution in [1.29, 1.82) is 0 Å². The molecule has 0 aromatic rings. The SMILES string of the molecule is CCCC1C(C(=O)OCC)=C(C)NC(C)(C(C)SCC)C1C(=O)O. The van der Waals surface area contributed by atoms with Crippen LogP contribution in [0.15, 0.2) is 11.3 Å². The lowest BCUT2D eigenvalue weighted by molar-refractivity contribution is -0.148. The molecule has 0 saturated carbocycles. The molecule has 0 aromatic heterocycles. The maximum Gasteiger partial charge on any atom is 0.336 e. The van der Waals surface area contributed by atoms with Crippen LogP contribution >= 0.6 is 11.8 Å². The quantitative estimate of drug-likeness (QED) is 0.648. The fourth-order valence-corrected chi connectivity index (χ4v) is 4.81. The highest BCUT2D eigenvalue weighted by atomic mass is 32.2. The Morgan fingerprint density at radius 2 is 2.00 bits per heavy atom. The average molecular weight is 358 g/mol. The minimum Gasteiger partial charge on any atom is -0.481 e. The number of esters is 1. The van der Waals surface area contributed by atoms with E-state index >= 15 is 0 Å². The van der Waals surface area contributed by atoms with Crippen LogP contribution in [0.2, 0.25) is 0 Å². The number of hydrogen-bond donors (Lipinski definition) is 2. The minimum absolute atomic E-state index is 0.0988. The van der Waals surface area contributed by atoms with Crippen LogP contribution in [0.3, 0.4) is 0 Å². The highest BCUT2D eigenvalue weighted by molar-refractivity contribution is 7.99. The molecule has 0 amide bonds. The minimum atomic E-state index is -0.860. The van der Waals surface area contributed by atoms with Gasteiger partial charge in [-0.05, 0) is 32.9 Å². The summed E-state index contributed by atoms with van der Waals surface area (Å²) in [7, 11) is 0. The van der Waals surface area contributed by atoms with Crippen LogP contribution in [-0.2, 0) is 14.3 Å². The first-order valence-electron chi connectivity index (χ1n) is 8.74. The van der Waals surface area contributed by atoms with Crippen LogP contribution in [0.4, 0.5) is 0 Å². The largest absolute Gasteiger partial charge is 0.481 e. The van der Waals surface area contributed by atoms with E-state index in [-0.39, 0.29) is 17.8 Å². The number of carbonyl (C=O) groups is 2. The summed E-state index contributed by atoms with van der Waals surface area (Å²) in [5, 5.41) is 13.4. The van der Waals surface area contributed by atoms with Crippen molar-refractivity contribution in [2.75, 3.05) is 12.4 Å². The summed E-state index contributed by atoms with van der Waals surface area (Å²) in [5.41, 5.74) is 0.625. The molecule has 1 heterocycles. The van der Waals surface area contributed by atoms with Crippen molar-refractivity contribution < 1.29 is 19.4 Å². The van der Waals surface area contributed by atoms with Gasteiger partial charge in [-0.25, -0.2) is 4.79 Å². The molecule has 6 heteroatoms. The molecular weight excluding hydrogens is 326 g/mol. The number of ether oxygens (including phenoxy) is 1. The highest BCUT2D eigenvalue weighted by Gasteiger charge is 2.52. The van der Waals surface area contributed by atoms with E-state index in [1.54, 1.807) is 18.7 Å². The molecular formula is C18H31NO4S. The van der Waals surface area contributed by atoms with Crippen molar-refractivity contribution in [1.82, 2.24) is 5.32 Å². The lowest BCUT2D eigenvalue weighted by Crippen LogP contribution is -2.62. The second kappa shape index (κ2) is 8.79. The number of carboxylic acid groups (broad SMARTS) is 1. The van der Waals surface area contributed by atoms with Gasteiger partial charge in [0, 0.05) is 16.9 Å². The molecule has 5 nitrogen and oxygen atoms in total. The van der Waals surface area contributed by atoms with Crippen LogP contribution in [0, 0.1) is 11.8 Å². The lowest BCUT2D eigenvalue weighted by atomic mass is 9.67. The van der Waals surface area contributed by atoms with Crippen molar-refractivity contribution in [3.8, 4) is 0 Å². The standard InChI is InChI=1S/C18H31NO4S/c1-7-10-13-14(17(22)23-8-2)11(4)19-18(6,12(5)24-9-3)15(13)16(20)21/h12-13,15,19H,7-10H2,1-6H3,(H,20,21). The number of thioether (sulfide) groups is 1. The van der Waals surface area contributed by atoms with E-state index in [1.807, 2.05) is 20.8 Å². The van der Waals surface area contributed by atoms with E-state index in [1.165, 1.54) is 0 Å². The molecule has 2 N–H and O–H groups in total. The molecule has 0 aromatic carbocycles. The predicted octanol–water partition coefficient (Wildman–Crippen LogP) is 3.44. The summed E-state index contributed by atoms with van der Waals surface area (Å²) in [6, 6.07) is 0. The Balaban J connectivity index is 3.43. The van der Waals surface area contributed by atoms with E-state index in [2.05, 4.69) is 19.2 Å². The topological polar surface area (TPSA) is 75.6 Å². The van der Waals surface area contributed by atoms with Crippen LogP contribution in [0.1, 0.15) is 54.4 Å².